The van der Waals surface area contributed by atoms with Crippen molar-refractivity contribution in [1.82, 2.24) is 28.9 Å². The molecule has 0 saturated carbocycles. The number of carbonyl (C=O) groups is 3. The van der Waals surface area contributed by atoms with E-state index in [1.165, 1.54) is 47.2 Å². The van der Waals surface area contributed by atoms with E-state index in [1.807, 2.05) is 4.57 Å². The number of halogens is 1. The molecule has 0 aliphatic rings. The van der Waals surface area contributed by atoms with Gasteiger partial charge in [-0.2, -0.15) is 0 Å². The third-order valence-electron chi connectivity index (χ3n) is 6.47. The van der Waals surface area contributed by atoms with Crippen LogP contribution in [0.25, 0.3) is 11.0 Å². The largest absolute Gasteiger partial charge is 0.465 e. The summed E-state index contributed by atoms with van der Waals surface area (Å²) >= 11 is 0. The highest BCUT2D eigenvalue weighted by atomic mass is 19.1. The van der Waals surface area contributed by atoms with Crippen molar-refractivity contribution in [3.63, 3.8) is 0 Å². The fourth-order valence-corrected chi connectivity index (χ4v) is 4.31. The number of aromatic nitrogens is 4. The van der Waals surface area contributed by atoms with Crippen molar-refractivity contribution in [2.24, 2.45) is 11.3 Å². The van der Waals surface area contributed by atoms with Crippen molar-refractivity contribution < 1.29 is 23.9 Å². The number of amides is 3. The molecule has 13 heteroatoms. The first kappa shape index (κ1) is 32.0. The van der Waals surface area contributed by atoms with Crippen LogP contribution < -0.4 is 10.9 Å². The molecule has 0 unspecified atom stereocenters. The average Bonchev–Trinajstić information content (AvgIpc) is 3.21. The smallest absolute Gasteiger partial charge is 0.407 e. The number of nitrogens with one attached hydrogen (secondary N) is 1. The minimum Gasteiger partial charge on any atom is -0.465 e. The number of nitrogens with zero attached hydrogens (tertiary/aromatic N) is 6. The third kappa shape index (κ3) is 8.48. The summed E-state index contributed by atoms with van der Waals surface area (Å²) in [6.07, 6.45) is 4.95. The zero-order valence-corrected chi connectivity index (χ0v) is 24.8. The van der Waals surface area contributed by atoms with E-state index in [0.29, 0.717) is 24.3 Å². The van der Waals surface area contributed by atoms with E-state index in [9.17, 15) is 28.7 Å². The monoisotopic (exact) mass is 583 g/mol. The zero-order chi connectivity index (χ0) is 31.2. The van der Waals surface area contributed by atoms with Gasteiger partial charge in [0.1, 0.15) is 17.3 Å². The van der Waals surface area contributed by atoms with Gasteiger partial charge >= 0.3 is 6.09 Å². The standard InChI is InChI=1S/C29H38FN7O5/c1-29(2,3)17-37-23-12-11-20(30)13-21(23)32-24(37)16-36-18-31-14-22(27(36)40)33-26(39)19(15-35(6)28(41)42)9-7-8-10-25(38)34(4)5/h8,10-14,18-19H,7,9,15-17H2,1-6H3,(H,33,39)(H,41,42)/b10-8+/t19-/m0/s1. The molecule has 0 bridgehead atoms. The number of likely N-dealkylation sites (N-methyl/N-ethyl adjacent to an activating group) is 1. The highest BCUT2D eigenvalue weighted by Crippen LogP contribution is 2.24. The molecule has 226 valence electrons. The Morgan fingerprint density at radius 3 is 2.55 bits per heavy atom. The number of carbonyl (C=O) groups excluding carboxylic acids is 2. The lowest BCUT2D eigenvalue weighted by Crippen LogP contribution is -2.37. The van der Waals surface area contributed by atoms with Crippen LogP contribution in [0.1, 0.15) is 39.4 Å². The Morgan fingerprint density at radius 1 is 1.19 bits per heavy atom. The summed E-state index contributed by atoms with van der Waals surface area (Å²) < 4.78 is 17.2. The van der Waals surface area contributed by atoms with Crippen molar-refractivity contribution in [2.45, 2.75) is 46.7 Å². The van der Waals surface area contributed by atoms with Gasteiger partial charge in [-0.15, -0.1) is 0 Å². The summed E-state index contributed by atoms with van der Waals surface area (Å²) in [5.41, 5.74) is 0.460. The molecule has 3 aromatic rings. The molecule has 0 spiro atoms. The van der Waals surface area contributed by atoms with E-state index in [1.54, 1.807) is 26.2 Å². The van der Waals surface area contributed by atoms with Crippen molar-refractivity contribution in [1.29, 1.82) is 0 Å². The molecule has 3 amide bonds. The van der Waals surface area contributed by atoms with Crippen LogP contribution in [0.3, 0.4) is 0 Å². The highest BCUT2D eigenvalue weighted by Gasteiger charge is 2.24. The first-order valence-electron chi connectivity index (χ1n) is 13.5. The summed E-state index contributed by atoms with van der Waals surface area (Å²) in [5.74, 6) is -1.46. The molecule has 3 rings (SSSR count). The quantitative estimate of drug-likeness (QED) is 0.329. The van der Waals surface area contributed by atoms with Crippen molar-refractivity contribution in [3.8, 4) is 0 Å². The number of rotatable bonds is 11. The van der Waals surface area contributed by atoms with Gasteiger partial charge in [0.05, 0.1) is 36.0 Å². The zero-order valence-electron chi connectivity index (χ0n) is 24.8. The van der Waals surface area contributed by atoms with Crippen LogP contribution in [0.15, 0.2) is 47.7 Å². The number of hydrogen-bond donors (Lipinski definition) is 2. The molecule has 12 nitrogen and oxygen atoms in total. The molecule has 0 aliphatic carbocycles. The Hall–Kier alpha value is -4.55. The molecule has 2 heterocycles. The lowest BCUT2D eigenvalue weighted by atomic mass is 9.96. The van der Waals surface area contributed by atoms with Crippen LogP contribution in [0.5, 0.6) is 0 Å². The number of fused-ring (bicyclic) bond motifs is 1. The van der Waals surface area contributed by atoms with Crippen molar-refractivity contribution >= 4 is 34.6 Å². The number of hydrogen-bond acceptors (Lipinski definition) is 6. The van der Waals surface area contributed by atoms with E-state index >= 15 is 0 Å². The Labute approximate surface area is 243 Å². The summed E-state index contributed by atoms with van der Waals surface area (Å²) in [6.45, 7) is 6.66. The SMILES string of the molecule is CN(C)C(=O)/C=C/CC[C@@H](CN(C)C(=O)O)C(=O)Nc1cncn(Cc2nc3cc(F)ccc3n2CC(C)(C)C)c1=O. The van der Waals surface area contributed by atoms with Crippen molar-refractivity contribution in [3.05, 3.63) is 64.9 Å². The second-order valence-electron chi connectivity index (χ2n) is 11.6. The predicted molar refractivity (Wildman–Crippen MR) is 157 cm³/mol. The molecule has 1 atom stereocenters. The number of anilines is 1. The molecule has 0 saturated heterocycles. The maximum absolute atomic E-state index is 13.9. The number of allylic oxidation sites excluding steroid dienone is 1. The minimum atomic E-state index is -1.20. The van der Waals surface area contributed by atoms with E-state index in [4.69, 9.17) is 0 Å². The maximum atomic E-state index is 13.9. The maximum Gasteiger partial charge on any atom is 0.407 e. The van der Waals surface area contributed by atoms with Gasteiger partial charge in [0.2, 0.25) is 11.8 Å². The van der Waals surface area contributed by atoms with E-state index < -0.39 is 29.3 Å². The molecule has 1 aromatic carbocycles. The fourth-order valence-electron chi connectivity index (χ4n) is 4.31. The number of carboxylic acid groups (broad SMARTS) is 1. The Morgan fingerprint density at radius 2 is 1.90 bits per heavy atom. The van der Waals surface area contributed by atoms with Crippen molar-refractivity contribution in [2.75, 3.05) is 33.0 Å². The van der Waals surface area contributed by atoms with Gasteiger partial charge < -0.3 is 24.8 Å². The molecule has 42 heavy (non-hydrogen) atoms. The van der Waals surface area contributed by atoms with Crippen LogP contribution >= 0.6 is 0 Å². The third-order valence-corrected chi connectivity index (χ3v) is 6.47. The van der Waals surface area contributed by atoms with E-state index in [0.717, 1.165) is 10.4 Å². The fraction of sp³-hybridized carbons (Fsp3) is 0.448. The number of benzene rings is 1. The topological polar surface area (TPSA) is 143 Å². The first-order chi connectivity index (χ1) is 19.7. The summed E-state index contributed by atoms with van der Waals surface area (Å²) in [6, 6.07) is 4.37. The first-order valence-corrected chi connectivity index (χ1v) is 13.5. The summed E-state index contributed by atoms with van der Waals surface area (Å²) in [7, 11) is 4.58. The average molecular weight is 584 g/mol. The van der Waals surface area contributed by atoms with Crippen LogP contribution in [-0.2, 0) is 22.7 Å². The van der Waals surface area contributed by atoms with Crippen LogP contribution in [-0.4, -0.2) is 79.6 Å². The highest BCUT2D eigenvalue weighted by molar-refractivity contribution is 5.92. The second kappa shape index (κ2) is 13.4. The van der Waals surface area contributed by atoms with Gasteiger partial charge in [-0.05, 0) is 36.5 Å². The number of imidazole rings is 1. The van der Waals surface area contributed by atoms with Gasteiger partial charge in [-0.1, -0.05) is 26.8 Å². The lowest BCUT2D eigenvalue weighted by Gasteiger charge is -2.22. The van der Waals surface area contributed by atoms with Crippen LogP contribution in [0.4, 0.5) is 14.9 Å². The predicted octanol–water partition coefficient (Wildman–Crippen LogP) is 3.42. The lowest BCUT2D eigenvalue weighted by molar-refractivity contribution is -0.123. The van der Waals surface area contributed by atoms with Crippen LogP contribution in [0, 0.1) is 17.2 Å². The van der Waals surface area contributed by atoms with Crippen LogP contribution in [0.2, 0.25) is 0 Å². The molecule has 0 aliphatic heterocycles. The molecule has 2 aromatic heterocycles. The molecule has 2 N–H and O–H groups in total. The minimum absolute atomic E-state index is 0.0256. The summed E-state index contributed by atoms with van der Waals surface area (Å²) in [4.78, 5) is 60.9. The van der Waals surface area contributed by atoms with Gasteiger partial charge in [-0.25, -0.2) is 19.2 Å². The Balaban J connectivity index is 1.85. The molecular weight excluding hydrogens is 545 g/mol. The Kier molecular flexibility index (Phi) is 10.2. The van der Waals surface area contributed by atoms with Gasteiger partial charge in [0.25, 0.3) is 5.56 Å². The van der Waals surface area contributed by atoms with E-state index in [-0.39, 0.29) is 36.5 Å². The molecule has 0 radical (unpaired) electrons. The Bertz CT molecular complexity index is 1540. The van der Waals surface area contributed by atoms with Gasteiger partial charge in [0, 0.05) is 40.3 Å². The molecule has 0 fully saturated rings. The summed E-state index contributed by atoms with van der Waals surface area (Å²) in [5, 5.41) is 11.9. The normalized spacial score (nSPS) is 12.5. The molecular formula is C29H38FN7O5. The van der Waals surface area contributed by atoms with Gasteiger partial charge in [0.15, 0.2) is 0 Å². The van der Waals surface area contributed by atoms with Gasteiger partial charge in [-0.3, -0.25) is 19.0 Å². The second-order valence-corrected chi connectivity index (χ2v) is 11.6. The van der Waals surface area contributed by atoms with E-state index in [2.05, 4.69) is 36.1 Å².